The maximum Gasteiger partial charge on any atom is 0.336 e. The number of ether oxygens (including phenoxy) is 1. The Morgan fingerprint density at radius 2 is 2.07 bits per heavy atom. The van der Waals surface area contributed by atoms with E-state index in [0.29, 0.717) is 11.3 Å². The number of halogens is 1. The largest absolute Gasteiger partial charge is 0.495 e. The predicted molar refractivity (Wildman–Crippen MR) is 61.5 cm³/mol. The van der Waals surface area contributed by atoms with Gasteiger partial charge in [-0.3, -0.25) is 0 Å². The molecule has 0 radical (unpaired) electrons. The normalized spacial score (nSPS) is 10.6. The summed E-state index contributed by atoms with van der Waals surface area (Å²) >= 11 is 3.39. The van der Waals surface area contributed by atoms with Crippen LogP contribution in [-0.4, -0.2) is 7.11 Å². The van der Waals surface area contributed by atoms with Crippen molar-refractivity contribution >= 4 is 26.9 Å². The first-order valence-electron chi connectivity index (χ1n) is 4.40. The molecule has 2 rings (SSSR count). The lowest BCUT2D eigenvalue weighted by Crippen LogP contribution is -1.98. The maximum atomic E-state index is 11.2. The van der Waals surface area contributed by atoms with Gasteiger partial charge in [0, 0.05) is 17.5 Å². The second-order valence-corrected chi connectivity index (χ2v) is 4.09. The Kier molecular flexibility index (Phi) is 2.52. The topological polar surface area (TPSA) is 39.4 Å². The standard InChI is InChI=1S/C11H9BrO3/c1-6-3-11(13)15-9-5-10(14-2)8(12)4-7(6)9/h3-5H,1-2H3. The van der Waals surface area contributed by atoms with Crippen molar-refractivity contribution in [3.8, 4) is 5.75 Å². The van der Waals surface area contributed by atoms with Crippen LogP contribution < -0.4 is 10.4 Å². The molecular weight excluding hydrogens is 260 g/mol. The SMILES string of the molecule is COc1cc2oc(=O)cc(C)c2cc1Br. The van der Waals surface area contributed by atoms with Crippen LogP contribution in [0, 0.1) is 6.92 Å². The van der Waals surface area contributed by atoms with Crippen LogP contribution in [0.25, 0.3) is 11.0 Å². The number of rotatable bonds is 1. The van der Waals surface area contributed by atoms with Crippen molar-refractivity contribution < 1.29 is 9.15 Å². The van der Waals surface area contributed by atoms with Gasteiger partial charge in [-0.2, -0.15) is 0 Å². The van der Waals surface area contributed by atoms with Gasteiger partial charge in [-0.25, -0.2) is 4.79 Å². The summed E-state index contributed by atoms with van der Waals surface area (Å²) in [6.07, 6.45) is 0. The van der Waals surface area contributed by atoms with Gasteiger partial charge in [-0.1, -0.05) is 0 Å². The van der Waals surface area contributed by atoms with Crippen LogP contribution in [0.3, 0.4) is 0 Å². The number of fused-ring (bicyclic) bond motifs is 1. The number of methoxy groups -OCH3 is 1. The van der Waals surface area contributed by atoms with E-state index in [1.807, 2.05) is 13.0 Å². The Morgan fingerprint density at radius 1 is 1.33 bits per heavy atom. The summed E-state index contributed by atoms with van der Waals surface area (Å²) < 4.78 is 11.0. The second-order valence-electron chi connectivity index (χ2n) is 3.23. The molecule has 0 bridgehead atoms. The van der Waals surface area contributed by atoms with Gasteiger partial charge < -0.3 is 9.15 Å². The first-order valence-corrected chi connectivity index (χ1v) is 5.19. The zero-order chi connectivity index (χ0) is 11.0. The van der Waals surface area contributed by atoms with Crippen molar-refractivity contribution in [1.29, 1.82) is 0 Å². The van der Waals surface area contributed by atoms with Crippen molar-refractivity contribution in [2.75, 3.05) is 7.11 Å². The zero-order valence-electron chi connectivity index (χ0n) is 8.33. The van der Waals surface area contributed by atoms with E-state index in [9.17, 15) is 4.79 Å². The van der Waals surface area contributed by atoms with Gasteiger partial charge in [0.2, 0.25) is 0 Å². The van der Waals surface area contributed by atoms with Crippen LogP contribution in [0.4, 0.5) is 0 Å². The highest BCUT2D eigenvalue weighted by atomic mass is 79.9. The van der Waals surface area contributed by atoms with Gasteiger partial charge in [0.05, 0.1) is 11.6 Å². The van der Waals surface area contributed by atoms with Gasteiger partial charge in [0.15, 0.2) is 0 Å². The molecule has 0 saturated carbocycles. The predicted octanol–water partition coefficient (Wildman–Crippen LogP) is 2.87. The Labute approximate surface area is 94.8 Å². The molecule has 3 nitrogen and oxygen atoms in total. The van der Waals surface area contributed by atoms with Crippen molar-refractivity contribution in [2.45, 2.75) is 6.92 Å². The third-order valence-electron chi connectivity index (χ3n) is 2.22. The molecule has 1 heterocycles. The highest BCUT2D eigenvalue weighted by Gasteiger charge is 2.07. The quantitative estimate of drug-likeness (QED) is 0.747. The summed E-state index contributed by atoms with van der Waals surface area (Å²) in [6.45, 7) is 1.87. The molecule has 1 aromatic heterocycles. The highest BCUT2D eigenvalue weighted by Crippen LogP contribution is 2.30. The second kappa shape index (κ2) is 3.70. The molecular formula is C11H9BrO3. The monoisotopic (exact) mass is 268 g/mol. The molecule has 0 atom stereocenters. The van der Waals surface area contributed by atoms with E-state index in [0.717, 1.165) is 15.4 Å². The molecule has 0 aliphatic rings. The summed E-state index contributed by atoms with van der Waals surface area (Å²) in [5, 5.41) is 0.905. The summed E-state index contributed by atoms with van der Waals surface area (Å²) in [5.74, 6) is 0.649. The van der Waals surface area contributed by atoms with Crippen molar-refractivity contribution in [3.63, 3.8) is 0 Å². The van der Waals surface area contributed by atoms with E-state index < -0.39 is 0 Å². The molecule has 0 N–H and O–H groups in total. The van der Waals surface area contributed by atoms with Crippen molar-refractivity contribution in [1.82, 2.24) is 0 Å². The average molecular weight is 269 g/mol. The van der Waals surface area contributed by atoms with Gasteiger partial charge >= 0.3 is 5.63 Å². The third kappa shape index (κ3) is 1.77. The lowest BCUT2D eigenvalue weighted by atomic mass is 10.1. The third-order valence-corrected chi connectivity index (χ3v) is 2.84. The summed E-state index contributed by atoms with van der Waals surface area (Å²) in [5.41, 5.74) is 1.09. The van der Waals surface area contributed by atoms with E-state index in [1.54, 1.807) is 13.2 Å². The minimum Gasteiger partial charge on any atom is -0.495 e. The van der Waals surface area contributed by atoms with Crippen LogP contribution in [0.2, 0.25) is 0 Å². The van der Waals surface area contributed by atoms with Gasteiger partial charge in [-0.05, 0) is 34.5 Å². The van der Waals surface area contributed by atoms with Crippen LogP contribution in [0.5, 0.6) is 5.75 Å². The van der Waals surface area contributed by atoms with E-state index >= 15 is 0 Å². The first kappa shape index (κ1) is 10.2. The maximum absolute atomic E-state index is 11.2. The number of aryl methyl sites for hydroxylation is 1. The molecule has 15 heavy (non-hydrogen) atoms. The summed E-state index contributed by atoms with van der Waals surface area (Å²) in [6, 6.07) is 5.06. The number of hydrogen-bond donors (Lipinski definition) is 0. The van der Waals surface area contributed by atoms with E-state index in [-0.39, 0.29) is 5.63 Å². The first-order chi connectivity index (χ1) is 7.11. The Balaban J connectivity index is 2.87. The Hall–Kier alpha value is -1.29. The molecule has 0 unspecified atom stereocenters. The van der Waals surface area contributed by atoms with E-state index in [2.05, 4.69) is 15.9 Å². The molecule has 78 valence electrons. The fraction of sp³-hybridized carbons (Fsp3) is 0.182. The smallest absolute Gasteiger partial charge is 0.336 e. The lowest BCUT2D eigenvalue weighted by Gasteiger charge is -2.05. The van der Waals surface area contributed by atoms with E-state index in [4.69, 9.17) is 9.15 Å². The Bertz CT molecular complexity index is 572. The van der Waals surface area contributed by atoms with Crippen molar-refractivity contribution in [2.24, 2.45) is 0 Å². The van der Waals surface area contributed by atoms with Gasteiger partial charge in [0.1, 0.15) is 11.3 Å². The van der Waals surface area contributed by atoms with Crippen LogP contribution in [-0.2, 0) is 0 Å². The fourth-order valence-corrected chi connectivity index (χ4v) is 1.98. The average Bonchev–Trinajstić information content (AvgIpc) is 2.18. The number of hydrogen-bond acceptors (Lipinski definition) is 3. The highest BCUT2D eigenvalue weighted by molar-refractivity contribution is 9.10. The summed E-state index contributed by atoms with van der Waals surface area (Å²) in [4.78, 5) is 11.2. The molecule has 0 aliphatic heterocycles. The summed E-state index contributed by atoms with van der Waals surface area (Å²) in [7, 11) is 1.57. The molecule has 0 saturated heterocycles. The molecule has 4 heteroatoms. The molecule has 0 spiro atoms. The fourth-order valence-electron chi connectivity index (χ4n) is 1.48. The van der Waals surface area contributed by atoms with Gasteiger partial charge in [-0.15, -0.1) is 0 Å². The van der Waals surface area contributed by atoms with Crippen molar-refractivity contribution in [3.05, 3.63) is 38.7 Å². The molecule has 2 aromatic rings. The molecule has 1 aromatic carbocycles. The Morgan fingerprint density at radius 3 is 2.73 bits per heavy atom. The van der Waals surface area contributed by atoms with Crippen LogP contribution >= 0.6 is 15.9 Å². The van der Waals surface area contributed by atoms with Crippen LogP contribution in [0.1, 0.15) is 5.56 Å². The minimum absolute atomic E-state index is 0.343. The zero-order valence-corrected chi connectivity index (χ0v) is 9.92. The van der Waals surface area contributed by atoms with Gasteiger partial charge in [0.25, 0.3) is 0 Å². The molecule has 0 fully saturated rings. The molecule has 0 aliphatic carbocycles. The van der Waals surface area contributed by atoms with Crippen LogP contribution in [0.15, 0.2) is 31.9 Å². The minimum atomic E-state index is -0.343. The van der Waals surface area contributed by atoms with E-state index in [1.165, 1.54) is 6.07 Å². The number of benzene rings is 1. The lowest BCUT2D eigenvalue weighted by molar-refractivity contribution is 0.411. The molecule has 0 amide bonds.